The van der Waals surface area contributed by atoms with E-state index < -0.39 is 10.0 Å². The van der Waals surface area contributed by atoms with Gasteiger partial charge in [-0.2, -0.15) is 4.31 Å². The summed E-state index contributed by atoms with van der Waals surface area (Å²) in [6.45, 7) is 5.58. The van der Waals surface area contributed by atoms with Crippen molar-refractivity contribution in [1.82, 2.24) is 9.21 Å². The molecule has 164 valence electrons. The van der Waals surface area contributed by atoms with Crippen LogP contribution in [0, 0.1) is 6.92 Å². The van der Waals surface area contributed by atoms with E-state index in [-0.39, 0.29) is 0 Å². The first kappa shape index (κ1) is 23.5. The number of hydrogen-bond donors (Lipinski definition) is 0. The highest BCUT2D eigenvalue weighted by Crippen LogP contribution is 2.27. The maximum absolute atomic E-state index is 11.5. The van der Waals surface area contributed by atoms with Gasteiger partial charge < -0.3 is 0 Å². The second-order valence-corrected chi connectivity index (χ2v) is 10.2. The molecule has 3 aromatic carbocycles. The zero-order valence-electron chi connectivity index (χ0n) is 18.0. The molecule has 1 saturated heterocycles. The molecule has 3 aromatic rings. The first-order chi connectivity index (χ1) is 14.8. The van der Waals surface area contributed by atoms with Crippen LogP contribution in [0.3, 0.4) is 0 Å². The third kappa shape index (κ3) is 7.18. The zero-order valence-corrected chi connectivity index (χ0v) is 19.6. The molecular weight excluding hydrogens is 428 g/mol. The van der Waals surface area contributed by atoms with E-state index in [4.69, 9.17) is 11.6 Å². The lowest BCUT2D eigenvalue weighted by molar-refractivity contribution is 0.182. The Morgan fingerprint density at radius 2 is 1.39 bits per heavy atom. The monoisotopic (exact) mass is 456 g/mol. The molecule has 0 saturated carbocycles. The Balaban J connectivity index is 0.000000330. The summed E-state index contributed by atoms with van der Waals surface area (Å²) in [6, 6.07) is 26.5. The minimum atomic E-state index is -3.07. The van der Waals surface area contributed by atoms with Gasteiger partial charge in [-0.25, -0.2) is 8.42 Å². The number of piperazine rings is 1. The van der Waals surface area contributed by atoms with Crippen molar-refractivity contribution in [3.05, 3.63) is 95.0 Å². The molecule has 1 fully saturated rings. The molecule has 6 heteroatoms. The average Bonchev–Trinajstić information content (AvgIpc) is 2.76. The van der Waals surface area contributed by atoms with E-state index in [1.807, 2.05) is 42.5 Å². The molecule has 0 amide bonds. The van der Waals surface area contributed by atoms with Crippen LogP contribution >= 0.6 is 11.6 Å². The smallest absolute Gasteiger partial charge is 0.211 e. The van der Waals surface area contributed by atoms with Gasteiger partial charge >= 0.3 is 0 Å². The zero-order chi connectivity index (χ0) is 22.3. The minimum Gasteiger partial charge on any atom is -0.296 e. The van der Waals surface area contributed by atoms with E-state index in [1.165, 1.54) is 17.4 Å². The Labute approximate surface area is 191 Å². The van der Waals surface area contributed by atoms with Gasteiger partial charge in [-0.3, -0.25) is 4.90 Å². The van der Waals surface area contributed by atoms with Crippen LogP contribution < -0.4 is 0 Å². The van der Waals surface area contributed by atoms with Crippen molar-refractivity contribution in [2.24, 2.45) is 0 Å². The number of nitrogens with zero attached hydrogens (tertiary/aromatic N) is 2. The maximum atomic E-state index is 11.5. The van der Waals surface area contributed by atoms with Crippen molar-refractivity contribution >= 4 is 21.6 Å². The van der Waals surface area contributed by atoms with Gasteiger partial charge in [0.05, 0.1) is 6.26 Å². The Bertz CT molecular complexity index is 1060. The molecule has 0 atom stereocenters. The predicted octanol–water partition coefficient (Wildman–Crippen LogP) is 5.08. The molecular formula is C25H29ClN2O2S. The van der Waals surface area contributed by atoms with E-state index in [0.29, 0.717) is 13.1 Å². The van der Waals surface area contributed by atoms with Crippen LogP contribution in [0.1, 0.15) is 11.1 Å². The van der Waals surface area contributed by atoms with E-state index in [0.717, 1.165) is 35.8 Å². The first-order valence-corrected chi connectivity index (χ1v) is 12.6. The van der Waals surface area contributed by atoms with Crippen LogP contribution in [0.4, 0.5) is 0 Å². The minimum absolute atomic E-state index is 0.566. The summed E-state index contributed by atoms with van der Waals surface area (Å²) in [4.78, 5) is 2.28. The number of hydrogen-bond acceptors (Lipinski definition) is 3. The number of halogens is 1. The van der Waals surface area contributed by atoms with Gasteiger partial charge in [0.2, 0.25) is 10.0 Å². The second kappa shape index (κ2) is 10.9. The summed E-state index contributed by atoms with van der Waals surface area (Å²) >= 11 is 6.24. The molecule has 4 rings (SSSR count). The number of sulfonamides is 1. The topological polar surface area (TPSA) is 40.6 Å². The lowest BCUT2D eigenvalue weighted by Crippen LogP contribution is -2.47. The van der Waals surface area contributed by atoms with Crippen molar-refractivity contribution in [2.75, 3.05) is 32.4 Å². The Kier molecular flexibility index (Phi) is 8.27. The highest BCUT2D eigenvalue weighted by atomic mass is 35.5. The fraction of sp³-hybridized carbons (Fsp3) is 0.280. The van der Waals surface area contributed by atoms with Gasteiger partial charge in [-0.1, -0.05) is 90.0 Å². The van der Waals surface area contributed by atoms with Crippen molar-refractivity contribution in [3.8, 4) is 11.1 Å². The largest absolute Gasteiger partial charge is 0.296 e. The van der Waals surface area contributed by atoms with Crippen LogP contribution in [-0.2, 0) is 16.6 Å². The molecule has 0 aliphatic carbocycles. The number of benzene rings is 3. The summed E-state index contributed by atoms with van der Waals surface area (Å²) < 4.78 is 24.6. The Morgan fingerprint density at radius 1 is 0.806 bits per heavy atom. The van der Waals surface area contributed by atoms with Crippen molar-refractivity contribution < 1.29 is 8.42 Å². The summed E-state index contributed by atoms with van der Waals surface area (Å²) in [5.74, 6) is 0. The molecule has 0 unspecified atom stereocenters. The fourth-order valence-electron chi connectivity index (χ4n) is 3.50. The van der Waals surface area contributed by atoms with Crippen LogP contribution in [0.2, 0.25) is 5.02 Å². The van der Waals surface area contributed by atoms with Crippen molar-refractivity contribution in [2.45, 2.75) is 13.5 Å². The van der Waals surface area contributed by atoms with Gasteiger partial charge in [0, 0.05) is 43.3 Å². The quantitative estimate of drug-likeness (QED) is 0.549. The fourth-order valence-corrected chi connectivity index (χ4v) is 4.57. The highest BCUT2D eigenvalue weighted by Gasteiger charge is 2.23. The molecule has 31 heavy (non-hydrogen) atoms. The van der Waals surface area contributed by atoms with Gasteiger partial charge in [-0.05, 0) is 24.1 Å². The Morgan fingerprint density at radius 3 is 1.90 bits per heavy atom. The molecule has 0 radical (unpaired) electrons. The van der Waals surface area contributed by atoms with Gasteiger partial charge in [0.15, 0.2) is 0 Å². The molecule has 0 bridgehead atoms. The molecule has 1 heterocycles. The molecule has 4 nitrogen and oxygen atoms in total. The summed E-state index contributed by atoms with van der Waals surface area (Å²) in [6.07, 6.45) is 1.27. The van der Waals surface area contributed by atoms with Gasteiger partial charge in [0.25, 0.3) is 0 Å². The van der Waals surface area contributed by atoms with E-state index in [9.17, 15) is 8.42 Å². The maximum Gasteiger partial charge on any atom is 0.211 e. The van der Waals surface area contributed by atoms with E-state index in [1.54, 1.807) is 4.31 Å². The Hall–Kier alpha value is -2.18. The first-order valence-electron chi connectivity index (χ1n) is 10.4. The van der Waals surface area contributed by atoms with E-state index >= 15 is 0 Å². The lowest BCUT2D eigenvalue weighted by atomic mass is 10.0. The summed E-state index contributed by atoms with van der Waals surface area (Å²) in [5, 5.41) is 0.752. The van der Waals surface area contributed by atoms with Crippen LogP contribution in [0.25, 0.3) is 11.1 Å². The predicted molar refractivity (Wildman–Crippen MR) is 130 cm³/mol. The van der Waals surface area contributed by atoms with Crippen molar-refractivity contribution in [1.29, 1.82) is 0 Å². The van der Waals surface area contributed by atoms with Gasteiger partial charge in [0.1, 0.15) is 0 Å². The molecule has 0 spiro atoms. The summed E-state index contributed by atoms with van der Waals surface area (Å²) in [5.41, 5.74) is 4.68. The SMILES string of the molecule is CS(=O)(=O)N1CCN(Cc2ccc(-c3ccccc3Cl)cc2)CC1.Cc1ccccc1. The second-order valence-electron chi connectivity index (χ2n) is 7.77. The standard InChI is InChI=1S/C18H21ClN2O2S.C7H8/c1-24(22,23)21-12-10-20(11-13-21)14-15-6-8-16(9-7-15)17-4-2-3-5-18(17)19;1-7-5-3-2-4-6-7/h2-9H,10-14H2,1H3;2-6H,1H3. The normalized spacial score (nSPS) is 15.2. The third-order valence-corrected chi connectivity index (χ3v) is 6.92. The number of rotatable bonds is 4. The van der Waals surface area contributed by atoms with Crippen LogP contribution in [-0.4, -0.2) is 50.1 Å². The molecule has 0 aromatic heterocycles. The number of aryl methyl sites for hydroxylation is 1. The third-order valence-electron chi connectivity index (χ3n) is 5.29. The summed E-state index contributed by atoms with van der Waals surface area (Å²) in [7, 11) is -3.07. The van der Waals surface area contributed by atoms with Crippen LogP contribution in [0.15, 0.2) is 78.9 Å². The van der Waals surface area contributed by atoms with Gasteiger partial charge in [-0.15, -0.1) is 0 Å². The van der Waals surface area contributed by atoms with E-state index in [2.05, 4.69) is 48.2 Å². The van der Waals surface area contributed by atoms with Crippen molar-refractivity contribution in [3.63, 3.8) is 0 Å². The lowest BCUT2D eigenvalue weighted by Gasteiger charge is -2.33. The molecule has 1 aliphatic rings. The van der Waals surface area contributed by atoms with Crippen LogP contribution in [0.5, 0.6) is 0 Å². The molecule has 0 N–H and O–H groups in total. The molecule has 1 aliphatic heterocycles. The highest BCUT2D eigenvalue weighted by molar-refractivity contribution is 7.88. The average molecular weight is 457 g/mol.